The predicted octanol–water partition coefficient (Wildman–Crippen LogP) is 4.70. The zero-order chi connectivity index (χ0) is 22.0. The molecule has 1 aromatic heterocycles. The summed E-state index contributed by atoms with van der Waals surface area (Å²) in [5, 5.41) is 17.0. The first kappa shape index (κ1) is 21.0. The Bertz CT molecular complexity index is 1120. The van der Waals surface area contributed by atoms with Gasteiger partial charge in [0.05, 0.1) is 19.3 Å². The van der Waals surface area contributed by atoms with Gasteiger partial charge in [-0.2, -0.15) is 4.98 Å². The van der Waals surface area contributed by atoms with E-state index in [0.717, 1.165) is 18.4 Å². The molecule has 7 heteroatoms. The van der Waals surface area contributed by atoms with Crippen molar-refractivity contribution in [3.05, 3.63) is 58.9 Å². The summed E-state index contributed by atoms with van der Waals surface area (Å²) < 4.78 is 11.2. The Hall–Kier alpha value is -3.21. The van der Waals surface area contributed by atoms with Crippen LogP contribution in [0.3, 0.4) is 0 Å². The van der Waals surface area contributed by atoms with Gasteiger partial charge in [0.15, 0.2) is 0 Å². The Morgan fingerprint density at radius 1 is 1.29 bits per heavy atom. The monoisotopic (exact) mass is 418 g/mol. The first-order valence-electron chi connectivity index (χ1n) is 10.5. The van der Waals surface area contributed by atoms with Gasteiger partial charge in [-0.05, 0) is 62.9 Å². The minimum atomic E-state index is -0.0137. The Morgan fingerprint density at radius 2 is 2.13 bits per heavy atom. The number of nitrogens with one attached hydrogen (secondary N) is 1. The fraction of sp³-hybridized carbons (Fsp3) is 0.375. The quantitative estimate of drug-likeness (QED) is 0.541. The van der Waals surface area contributed by atoms with Crippen LogP contribution in [0.15, 0.2) is 40.9 Å². The molecule has 0 unspecified atom stereocenters. The van der Waals surface area contributed by atoms with Gasteiger partial charge in [0.2, 0.25) is 11.5 Å². The number of nitrogens with zero attached hydrogens (tertiary/aromatic N) is 3. The van der Waals surface area contributed by atoms with Gasteiger partial charge in [0.25, 0.3) is 5.89 Å². The highest BCUT2D eigenvalue weighted by molar-refractivity contribution is 5.70. The molecule has 0 fully saturated rings. The summed E-state index contributed by atoms with van der Waals surface area (Å²) in [6.07, 6.45) is 1.86. The normalized spacial score (nSPS) is 16.2. The molecule has 7 nitrogen and oxygen atoms in total. The fourth-order valence-electron chi connectivity index (χ4n) is 3.97. The van der Waals surface area contributed by atoms with E-state index in [1.54, 1.807) is 12.1 Å². The maximum absolute atomic E-state index is 9.36. The number of aromatic nitrogens is 2. The average molecular weight is 418 g/mol. The third kappa shape index (κ3) is 4.31. The van der Waals surface area contributed by atoms with Crippen molar-refractivity contribution in [1.29, 1.82) is 0 Å². The molecule has 2 N–H and O–H groups in total. The molecule has 1 aliphatic carbocycles. The molecule has 160 valence electrons. The SMILES string of the molecule is [C-]#[N+]c1cc(-c2nc(-c3cccc4c3CC[C@@H]4N[C@H](C)CO)no2)ccc1OC(C)C. The van der Waals surface area contributed by atoms with E-state index in [1.165, 1.54) is 11.1 Å². The molecule has 0 saturated heterocycles. The van der Waals surface area contributed by atoms with E-state index in [-0.39, 0.29) is 24.8 Å². The van der Waals surface area contributed by atoms with E-state index >= 15 is 0 Å². The molecule has 0 saturated carbocycles. The minimum absolute atomic E-state index is 0.0137. The summed E-state index contributed by atoms with van der Waals surface area (Å²) in [5.74, 6) is 1.45. The molecule has 3 aromatic rings. The van der Waals surface area contributed by atoms with Gasteiger partial charge in [-0.25, -0.2) is 4.85 Å². The van der Waals surface area contributed by atoms with Gasteiger partial charge < -0.3 is 19.7 Å². The second-order valence-electron chi connectivity index (χ2n) is 8.10. The van der Waals surface area contributed by atoms with E-state index in [4.69, 9.17) is 15.8 Å². The maximum Gasteiger partial charge on any atom is 0.256 e. The number of fused-ring (bicyclic) bond motifs is 1. The standard InChI is InChI=1S/C24H26N4O3/c1-14(2)30-22-11-8-16(12-21(22)25-4)24-27-23(28-31-24)19-7-5-6-18-17(19)9-10-20(18)26-15(3)13-29/h5-8,11-12,14-15,20,26,29H,9-10,13H2,1-3H3/t15-,20+/m1/s1. The van der Waals surface area contributed by atoms with Crippen LogP contribution in [0, 0.1) is 6.57 Å². The van der Waals surface area contributed by atoms with Crippen LogP contribution in [-0.4, -0.2) is 34.0 Å². The van der Waals surface area contributed by atoms with Crippen LogP contribution in [0.4, 0.5) is 5.69 Å². The second kappa shape index (κ2) is 8.88. The maximum atomic E-state index is 9.36. The molecule has 0 radical (unpaired) electrons. The zero-order valence-electron chi connectivity index (χ0n) is 17.9. The van der Waals surface area contributed by atoms with Crippen LogP contribution in [0.25, 0.3) is 27.7 Å². The predicted molar refractivity (Wildman–Crippen MR) is 118 cm³/mol. The van der Waals surface area contributed by atoms with Gasteiger partial charge >= 0.3 is 0 Å². The van der Waals surface area contributed by atoms with Gasteiger partial charge in [-0.1, -0.05) is 23.4 Å². The average Bonchev–Trinajstić information content (AvgIpc) is 3.41. The summed E-state index contributed by atoms with van der Waals surface area (Å²) in [5.41, 5.74) is 4.48. The first-order valence-corrected chi connectivity index (χ1v) is 10.5. The molecule has 0 amide bonds. The van der Waals surface area contributed by atoms with Gasteiger partial charge in [0, 0.05) is 23.2 Å². The lowest BCUT2D eigenvalue weighted by molar-refractivity contribution is 0.240. The van der Waals surface area contributed by atoms with Crippen LogP contribution in [0.1, 0.15) is 44.4 Å². The Balaban J connectivity index is 1.63. The molecular weight excluding hydrogens is 392 g/mol. The number of hydrogen-bond donors (Lipinski definition) is 2. The third-order valence-corrected chi connectivity index (χ3v) is 5.39. The molecular formula is C24H26N4O3. The van der Waals surface area contributed by atoms with E-state index in [0.29, 0.717) is 28.7 Å². The molecule has 1 aliphatic rings. The van der Waals surface area contributed by atoms with Crippen LogP contribution >= 0.6 is 0 Å². The van der Waals surface area contributed by atoms with E-state index in [2.05, 4.69) is 26.4 Å². The lowest BCUT2D eigenvalue weighted by Gasteiger charge is -2.18. The number of aliphatic hydroxyl groups is 1. The molecule has 1 heterocycles. The zero-order valence-corrected chi connectivity index (χ0v) is 17.9. The lowest BCUT2D eigenvalue weighted by atomic mass is 10.0. The fourth-order valence-corrected chi connectivity index (χ4v) is 3.97. The van der Waals surface area contributed by atoms with Gasteiger partial charge in [-0.15, -0.1) is 0 Å². The van der Waals surface area contributed by atoms with Crippen molar-refractivity contribution >= 4 is 5.69 Å². The minimum Gasteiger partial charge on any atom is -0.502 e. The summed E-state index contributed by atoms with van der Waals surface area (Å²) in [4.78, 5) is 8.19. The van der Waals surface area contributed by atoms with Crippen LogP contribution in [-0.2, 0) is 6.42 Å². The van der Waals surface area contributed by atoms with E-state index < -0.39 is 0 Å². The molecule has 4 rings (SSSR count). The van der Waals surface area contributed by atoms with Crippen molar-refractivity contribution in [2.45, 2.75) is 51.8 Å². The lowest BCUT2D eigenvalue weighted by Crippen LogP contribution is -2.32. The molecule has 31 heavy (non-hydrogen) atoms. The van der Waals surface area contributed by atoms with Crippen LogP contribution < -0.4 is 10.1 Å². The Kier molecular flexibility index (Phi) is 6.03. The van der Waals surface area contributed by atoms with Gasteiger partial charge in [0.1, 0.15) is 5.75 Å². The molecule has 2 aromatic carbocycles. The summed E-state index contributed by atoms with van der Waals surface area (Å²) in [6.45, 7) is 13.4. The van der Waals surface area contributed by atoms with E-state index in [1.807, 2.05) is 39.0 Å². The number of hydrogen-bond acceptors (Lipinski definition) is 6. The highest BCUT2D eigenvalue weighted by Crippen LogP contribution is 2.38. The largest absolute Gasteiger partial charge is 0.502 e. The highest BCUT2D eigenvalue weighted by Gasteiger charge is 2.27. The van der Waals surface area contributed by atoms with Crippen molar-refractivity contribution in [3.8, 4) is 28.6 Å². The van der Waals surface area contributed by atoms with E-state index in [9.17, 15) is 5.11 Å². The van der Waals surface area contributed by atoms with Crippen molar-refractivity contribution in [1.82, 2.24) is 15.5 Å². The number of ether oxygens (including phenoxy) is 1. The molecule has 0 aliphatic heterocycles. The second-order valence-corrected chi connectivity index (χ2v) is 8.10. The Labute approximate surface area is 181 Å². The highest BCUT2D eigenvalue weighted by atomic mass is 16.5. The summed E-state index contributed by atoms with van der Waals surface area (Å²) >= 11 is 0. The number of rotatable bonds is 7. The van der Waals surface area contributed by atoms with Crippen molar-refractivity contribution in [2.75, 3.05) is 6.61 Å². The van der Waals surface area contributed by atoms with Gasteiger partial charge in [-0.3, -0.25) is 0 Å². The number of benzene rings is 2. The molecule has 2 atom stereocenters. The summed E-state index contributed by atoms with van der Waals surface area (Å²) in [6, 6.07) is 11.7. The molecule has 0 bridgehead atoms. The first-order chi connectivity index (χ1) is 15.0. The van der Waals surface area contributed by atoms with Crippen molar-refractivity contribution in [3.63, 3.8) is 0 Å². The topological polar surface area (TPSA) is 84.8 Å². The van der Waals surface area contributed by atoms with Crippen LogP contribution in [0.2, 0.25) is 0 Å². The third-order valence-electron chi connectivity index (χ3n) is 5.39. The summed E-state index contributed by atoms with van der Waals surface area (Å²) in [7, 11) is 0. The molecule has 0 spiro atoms. The Morgan fingerprint density at radius 3 is 2.87 bits per heavy atom. The smallest absolute Gasteiger partial charge is 0.256 e. The number of aliphatic hydroxyl groups excluding tert-OH is 1. The van der Waals surface area contributed by atoms with Crippen molar-refractivity contribution < 1.29 is 14.4 Å². The van der Waals surface area contributed by atoms with Crippen LogP contribution in [0.5, 0.6) is 5.75 Å². The van der Waals surface area contributed by atoms with Crippen molar-refractivity contribution in [2.24, 2.45) is 0 Å².